The molecule has 2 aliphatic rings. The fourth-order valence-corrected chi connectivity index (χ4v) is 4.98. The number of esters is 1. The number of carbonyl (C=O) groups is 2. The average Bonchev–Trinajstić information content (AvgIpc) is 2.70. The van der Waals surface area contributed by atoms with Gasteiger partial charge in [-0.2, -0.15) is 0 Å². The zero-order chi connectivity index (χ0) is 20.5. The Labute approximate surface area is 172 Å². The minimum atomic E-state index is -0.403. The van der Waals surface area contributed by atoms with Crippen LogP contribution in [0.3, 0.4) is 0 Å². The number of hydrogen-bond acceptors (Lipinski definition) is 4. The molecule has 154 valence electrons. The number of benzene rings is 1. The molecule has 0 radical (unpaired) electrons. The molecule has 2 aromatic rings. The van der Waals surface area contributed by atoms with E-state index >= 15 is 0 Å². The van der Waals surface area contributed by atoms with Crippen molar-refractivity contribution in [1.82, 2.24) is 9.88 Å². The summed E-state index contributed by atoms with van der Waals surface area (Å²) in [6, 6.07) is 8.11. The minimum Gasteiger partial charge on any atom is -0.452 e. The molecule has 2 heterocycles. The van der Waals surface area contributed by atoms with Crippen molar-refractivity contribution in [3.8, 4) is 0 Å². The number of amides is 1. The van der Waals surface area contributed by atoms with Gasteiger partial charge in [0.2, 0.25) is 0 Å². The second-order valence-electron chi connectivity index (χ2n) is 8.78. The van der Waals surface area contributed by atoms with Crippen molar-refractivity contribution in [3.05, 3.63) is 41.1 Å². The molecule has 1 aromatic carbocycles. The molecule has 1 amide bonds. The van der Waals surface area contributed by atoms with Crippen molar-refractivity contribution in [3.63, 3.8) is 0 Å². The highest BCUT2D eigenvalue weighted by Gasteiger charge is 2.31. The van der Waals surface area contributed by atoms with Crippen molar-refractivity contribution in [2.75, 3.05) is 6.61 Å². The summed E-state index contributed by atoms with van der Waals surface area (Å²) in [6.45, 7) is 6.15. The summed E-state index contributed by atoms with van der Waals surface area (Å²) < 4.78 is 5.59. The number of aromatic nitrogens is 1. The van der Waals surface area contributed by atoms with E-state index in [0.717, 1.165) is 60.7 Å². The first-order valence-corrected chi connectivity index (χ1v) is 10.8. The van der Waals surface area contributed by atoms with Crippen molar-refractivity contribution in [2.45, 2.75) is 71.4 Å². The highest BCUT2D eigenvalue weighted by atomic mass is 16.5. The Kier molecular flexibility index (Phi) is 5.57. The van der Waals surface area contributed by atoms with Crippen LogP contribution in [0.25, 0.3) is 10.9 Å². The number of rotatable bonds is 3. The summed E-state index contributed by atoms with van der Waals surface area (Å²) >= 11 is 0. The van der Waals surface area contributed by atoms with E-state index in [9.17, 15) is 9.59 Å². The van der Waals surface area contributed by atoms with Gasteiger partial charge in [-0.05, 0) is 69.9 Å². The van der Waals surface area contributed by atoms with Gasteiger partial charge in [0.05, 0.1) is 11.1 Å². The molecule has 1 aliphatic carbocycles. The first kappa shape index (κ1) is 19.9. The van der Waals surface area contributed by atoms with Gasteiger partial charge in [0.25, 0.3) is 5.91 Å². The summed E-state index contributed by atoms with van der Waals surface area (Å²) in [5.74, 6) is 0.00644. The van der Waals surface area contributed by atoms with Gasteiger partial charge in [-0.15, -0.1) is 0 Å². The molecule has 0 spiro atoms. The number of aryl methyl sites for hydroxylation is 1. The summed E-state index contributed by atoms with van der Waals surface area (Å²) in [7, 11) is 0. The standard InChI is InChI=1S/C24H30N2O3/c1-15-11-12-21-19(13-15)23(18-9-4-5-10-20(18)25-21)24(28)29-14-22(27)26-16(2)7-6-8-17(26)3/h4-5,9-10,15-17H,6-8,11-14H2,1-3H3. The SMILES string of the molecule is CC1CCc2nc3ccccc3c(C(=O)OCC(=O)N3C(C)CCCC3C)c2C1. The molecule has 0 N–H and O–H groups in total. The largest absolute Gasteiger partial charge is 0.452 e. The third-order valence-electron chi connectivity index (χ3n) is 6.52. The topological polar surface area (TPSA) is 59.5 Å². The van der Waals surface area contributed by atoms with Crippen molar-refractivity contribution in [1.29, 1.82) is 0 Å². The lowest BCUT2D eigenvalue weighted by Crippen LogP contribution is -2.49. The predicted octanol–water partition coefficient (Wildman–Crippen LogP) is 4.31. The summed E-state index contributed by atoms with van der Waals surface area (Å²) in [5.41, 5.74) is 3.42. The summed E-state index contributed by atoms with van der Waals surface area (Å²) in [5, 5.41) is 0.817. The molecule has 29 heavy (non-hydrogen) atoms. The Morgan fingerprint density at radius 2 is 1.83 bits per heavy atom. The Morgan fingerprint density at radius 3 is 2.59 bits per heavy atom. The highest BCUT2D eigenvalue weighted by Crippen LogP contribution is 2.32. The highest BCUT2D eigenvalue weighted by molar-refractivity contribution is 6.05. The van der Waals surface area contributed by atoms with Crippen LogP contribution in [0, 0.1) is 5.92 Å². The van der Waals surface area contributed by atoms with Crippen molar-refractivity contribution in [2.24, 2.45) is 5.92 Å². The van der Waals surface area contributed by atoms with Crippen LogP contribution in [0.4, 0.5) is 0 Å². The third kappa shape index (κ3) is 3.87. The Balaban J connectivity index is 1.60. The second-order valence-corrected chi connectivity index (χ2v) is 8.78. The fraction of sp³-hybridized carbons (Fsp3) is 0.542. The summed E-state index contributed by atoms with van der Waals surface area (Å²) in [6.07, 6.45) is 5.93. The number of ether oxygens (including phenoxy) is 1. The number of fused-ring (bicyclic) bond motifs is 2. The van der Waals surface area contributed by atoms with Crippen molar-refractivity contribution >= 4 is 22.8 Å². The van der Waals surface area contributed by atoms with E-state index in [1.54, 1.807) is 0 Å². The van der Waals surface area contributed by atoms with Gasteiger partial charge in [-0.25, -0.2) is 4.79 Å². The lowest BCUT2D eigenvalue weighted by molar-refractivity contribution is -0.140. The molecule has 5 nitrogen and oxygen atoms in total. The number of nitrogens with zero attached hydrogens (tertiary/aromatic N) is 2. The molecular weight excluding hydrogens is 364 g/mol. The van der Waals surface area contributed by atoms with Crippen LogP contribution in [0.2, 0.25) is 0 Å². The lowest BCUT2D eigenvalue weighted by Gasteiger charge is -2.38. The normalized spacial score (nSPS) is 24.2. The van der Waals surface area contributed by atoms with E-state index in [0.29, 0.717) is 11.5 Å². The van der Waals surface area contributed by atoms with Crippen LogP contribution in [-0.4, -0.2) is 40.5 Å². The van der Waals surface area contributed by atoms with E-state index < -0.39 is 5.97 Å². The van der Waals surface area contributed by atoms with Crippen LogP contribution >= 0.6 is 0 Å². The van der Waals surface area contributed by atoms with Gasteiger partial charge < -0.3 is 9.64 Å². The molecule has 1 aliphatic heterocycles. The van der Waals surface area contributed by atoms with E-state index in [1.165, 1.54) is 0 Å². The molecule has 4 rings (SSSR count). The average molecular weight is 395 g/mol. The van der Waals surface area contributed by atoms with Crippen LogP contribution in [-0.2, 0) is 22.4 Å². The number of pyridine rings is 1. The van der Waals surface area contributed by atoms with Crippen LogP contribution in [0.5, 0.6) is 0 Å². The zero-order valence-electron chi connectivity index (χ0n) is 17.6. The van der Waals surface area contributed by atoms with Crippen molar-refractivity contribution < 1.29 is 14.3 Å². The molecule has 1 fully saturated rings. The molecule has 0 bridgehead atoms. The number of likely N-dealkylation sites (tertiary alicyclic amines) is 1. The van der Waals surface area contributed by atoms with Crippen LogP contribution in [0.1, 0.15) is 68.1 Å². The van der Waals surface area contributed by atoms with Gasteiger partial charge >= 0.3 is 5.97 Å². The first-order chi connectivity index (χ1) is 14.0. The van der Waals surface area contributed by atoms with E-state index in [4.69, 9.17) is 9.72 Å². The first-order valence-electron chi connectivity index (χ1n) is 10.8. The number of carbonyl (C=O) groups excluding carboxylic acids is 2. The number of para-hydroxylation sites is 1. The number of piperidine rings is 1. The molecule has 3 unspecified atom stereocenters. The fourth-order valence-electron chi connectivity index (χ4n) is 4.98. The summed E-state index contributed by atoms with van der Waals surface area (Å²) in [4.78, 5) is 32.6. The third-order valence-corrected chi connectivity index (χ3v) is 6.52. The quantitative estimate of drug-likeness (QED) is 0.728. The van der Waals surface area contributed by atoms with Gasteiger partial charge in [0.15, 0.2) is 6.61 Å². The predicted molar refractivity (Wildman–Crippen MR) is 113 cm³/mol. The maximum absolute atomic E-state index is 13.2. The van der Waals surface area contributed by atoms with Gasteiger partial charge in [-0.1, -0.05) is 25.1 Å². The maximum atomic E-state index is 13.2. The molecule has 1 saturated heterocycles. The molecule has 5 heteroatoms. The smallest absolute Gasteiger partial charge is 0.339 e. The molecule has 0 saturated carbocycles. The lowest BCUT2D eigenvalue weighted by atomic mass is 9.84. The molecule has 3 atom stereocenters. The Bertz CT molecular complexity index is 929. The Hall–Kier alpha value is -2.43. The van der Waals surface area contributed by atoms with Crippen LogP contribution in [0.15, 0.2) is 24.3 Å². The zero-order valence-corrected chi connectivity index (χ0v) is 17.6. The van der Waals surface area contributed by atoms with Gasteiger partial charge in [0, 0.05) is 23.2 Å². The second kappa shape index (κ2) is 8.13. The van der Waals surface area contributed by atoms with E-state index in [-0.39, 0.29) is 24.6 Å². The number of hydrogen-bond donors (Lipinski definition) is 0. The molecular formula is C24H30N2O3. The minimum absolute atomic E-state index is 0.0985. The van der Waals surface area contributed by atoms with Crippen LogP contribution < -0.4 is 0 Å². The Morgan fingerprint density at radius 1 is 1.10 bits per heavy atom. The monoisotopic (exact) mass is 394 g/mol. The van der Waals surface area contributed by atoms with E-state index in [1.807, 2.05) is 29.2 Å². The van der Waals surface area contributed by atoms with E-state index in [2.05, 4.69) is 20.8 Å². The van der Waals surface area contributed by atoms with Gasteiger partial charge in [-0.3, -0.25) is 9.78 Å². The maximum Gasteiger partial charge on any atom is 0.339 e. The molecule has 1 aromatic heterocycles. The van der Waals surface area contributed by atoms with Gasteiger partial charge in [0.1, 0.15) is 0 Å².